The molecule has 0 amide bonds. The molecule has 1 aromatic heterocycles. The number of aromatic nitrogens is 4. The van der Waals surface area contributed by atoms with Gasteiger partial charge in [0.05, 0.1) is 12.1 Å². The van der Waals surface area contributed by atoms with Crippen molar-refractivity contribution in [2.45, 2.75) is 6.54 Å². The minimum absolute atomic E-state index is 0.358. The molecule has 1 heterocycles. The lowest BCUT2D eigenvalue weighted by molar-refractivity contribution is 0.290. The summed E-state index contributed by atoms with van der Waals surface area (Å²) in [4.78, 5) is 0. The van der Waals surface area contributed by atoms with Gasteiger partial charge in [-0.05, 0) is 46.8 Å². The van der Waals surface area contributed by atoms with Gasteiger partial charge in [0.15, 0.2) is 5.82 Å². The zero-order valence-electron chi connectivity index (χ0n) is 11.7. The predicted molar refractivity (Wildman–Crippen MR) is 79.6 cm³/mol. The van der Waals surface area contributed by atoms with E-state index in [0.717, 1.165) is 0 Å². The van der Waals surface area contributed by atoms with E-state index in [2.05, 4.69) is 15.5 Å². The first-order valence-corrected chi connectivity index (χ1v) is 6.73. The number of hydrogen-bond donors (Lipinski definition) is 1. The average molecular weight is 299 g/mol. The molecule has 7 heteroatoms. The van der Waals surface area contributed by atoms with Crippen molar-refractivity contribution in [3.8, 4) is 17.1 Å². The summed E-state index contributed by atoms with van der Waals surface area (Å²) in [6, 6.07) is 13.5. The van der Waals surface area contributed by atoms with Gasteiger partial charge < -0.3 is 10.5 Å². The van der Waals surface area contributed by atoms with Crippen molar-refractivity contribution in [1.82, 2.24) is 20.2 Å². The predicted octanol–water partition coefficient (Wildman–Crippen LogP) is 2.14. The maximum atomic E-state index is 13.8. The standard InChI is InChI=1S/C15H14FN5O/c16-14-4-2-1-3-13(14)15-18-19-20-21(15)9-10-22-12-7-5-11(17)6-8-12/h1-8H,9-10,17H2. The van der Waals surface area contributed by atoms with E-state index in [1.54, 1.807) is 42.5 Å². The summed E-state index contributed by atoms with van der Waals surface area (Å²) in [5, 5.41) is 11.3. The molecule has 2 N–H and O–H groups in total. The average Bonchev–Trinajstić information content (AvgIpc) is 2.98. The van der Waals surface area contributed by atoms with Gasteiger partial charge in [0.25, 0.3) is 0 Å². The van der Waals surface area contributed by atoms with Crippen LogP contribution in [0.3, 0.4) is 0 Å². The fourth-order valence-electron chi connectivity index (χ4n) is 2.00. The minimum Gasteiger partial charge on any atom is -0.492 e. The van der Waals surface area contributed by atoms with Crippen LogP contribution in [0.25, 0.3) is 11.4 Å². The molecule has 0 fully saturated rings. The van der Waals surface area contributed by atoms with Crippen LogP contribution in [0.15, 0.2) is 48.5 Å². The van der Waals surface area contributed by atoms with Crippen LogP contribution in [0.5, 0.6) is 5.75 Å². The van der Waals surface area contributed by atoms with Crippen LogP contribution in [-0.4, -0.2) is 26.8 Å². The molecule has 3 aromatic rings. The van der Waals surface area contributed by atoms with E-state index in [1.165, 1.54) is 10.7 Å². The Labute approximate surface area is 126 Å². The van der Waals surface area contributed by atoms with Crippen LogP contribution in [0.4, 0.5) is 10.1 Å². The fourth-order valence-corrected chi connectivity index (χ4v) is 2.00. The normalized spacial score (nSPS) is 10.6. The molecule has 0 bridgehead atoms. The van der Waals surface area contributed by atoms with Crippen molar-refractivity contribution in [2.75, 3.05) is 12.3 Å². The maximum Gasteiger partial charge on any atom is 0.185 e. The van der Waals surface area contributed by atoms with Crippen LogP contribution < -0.4 is 10.5 Å². The monoisotopic (exact) mass is 299 g/mol. The third-order valence-electron chi connectivity index (χ3n) is 3.10. The Hall–Kier alpha value is -2.96. The highest BCUT2D eigenvalue weighted by Gasteiger charge is 2.12. The summed E-state index contributed by atoms with van der Waals surface area (Å²) < 4.78 is 20.9. The van der Waals surface area contributed by atoms with Crippen molar-refractivity contribution >= 4 is 5.69 Å². The third-order valence-corrected chi connectivity index (χ3v) is 3.10. The quantitative estimate of drug-likeness (QED) is 0.730. The summed E-state index contributed by atoms with van der Waals surface area (Å²) in [6.07, 6.45) is 0. The molecular formula is C15H14FN5O. The van der Waals surface area contributed by atoms with Crippen molar-refractivity contribution in [2.24, 2.45) is 0 Å². The molecule has 2 aromatic carbocycles. The molecule has 22 heavy (non-hydrogen) atoms. The second kappa shape index (κ2) is 6.21. The zero-order valence-corrected chi connectivity index (χ0v) is 11.7. The van der Waals surface area contributed by atoms with Gasteiger partial charge in [-0.25, -0.2) is 9.07 Å². The Balaban J connectivity index is 1.68. The molecule has 0 saturated heterocycles. The Morgan fingerprint density at radius 1 is 1.09 bits per heavy atom. The summed E-state index contributed by atoms with van der Waals surface area (Å²) in [6.45, 7) is 0.761. The molecule has 0 atom stereocenters. The van der Waals surface area contributed by atoms with Crippen LogP contribution >= 0.6 is 0 Å². The van der Waals surface area contributed by atoms with E-state index in [0.29, 0.717) is 36.0 Å². The van der Waals surface area contributed by atoms with E-state index in [-0.39, 0.29) is 5.82 Å². The number of ether oxygens (including phenoxy) is 1. The molecule has 6 nitrogen and oxygen atoms in total. The Bertz CT molecular complexity index is 757. The second-order valence-electron chi connectivity index (χ2n) is 4.62. The number of nitrogens with zero attached hydrogens (tertiary/aromatic N) is 4. The van der Waals surface area contributed by atoms with Gasteiger partial charge in [0.1, 0.15) is 18.2 Å². The van der Waals surface area contributed by atoms with Crippen molar-refractivity contribution < 1.29 is 9.13 Å². The lowest BCUT2D eigenvalue weighted by Gasteiger charge is -2.08. The SMILES string of the molecule is Nc1ccc(OCCn2nnnc2-c2ccccc2F)cc1. The van der Waals surface area contributed by atoms with Gasteiger partial charge in [-0.2, -0.15) is 0 Å². The number of benzene rings is 2. The molecule has 0 unspecified atom stereocenters. The van der Waals surface area contributed by atoms with E-state index in [1.807, 2.05) is 0 Å². The van der Waals surface area contributed by atoms with Crippen molar-refractivity contribution in [1.29, 1.82) is 0 Å². The maximum absolute atomic E-state index is 13.8. The highest BCUT2D eigenvalue weighted by Crippen LogP contribution is 2.19. The lowest BCUT2D eigenvalue weighted by atomic mass is 10.2. The molecule has 0 radical (unpaired) electrons. The number of nitrogens with two attached hydrogens (primary N) is 1. The summed E-state index contributed by atoms with van der Waals surface area (Å²) >= 11 is 0. The molecular weight excluding hydrogens is 285 g/mol. The van der Waals surface area contributed by atoms with Gasteiger partial charge in [0.2, 0.25) is 0 Å². The molecule has 0 aliphatic carbocycles. The molecule has 112 valence electrons. The van der Waals surface area contributed by atoms with Gasteiger partial charge in [0, 0.05) is 5.69 Å². The number of nitrogen functional groups attached to an aromatic ring is 1. The molecule has 0 spiro atoms. The van der Waals surface area contributed by atoms with E-state index in [4.69, 9.17) is 10.5 Å². The van der Waals surface area contributed by atoms with E-state index in [9.17, 15) is 4.39 Å². The number of anilines is 1. The molecule has 0 aliphatic heterocycles. The molecule has 3 rings (SSSR count). The first kappa shape index (κ1) is 14.0. The first-order valence-electron chi connectivity index (χ1n) is 6.73. The Kier molecular flexibility index (Phi) is 3.95. The smallest absolute Gasteiger partial charge is 0.185 e. The zero-order chi connectivity index (χ0) is 15.4. The largest absolute Gasteiger partial charge is 0.492 e. The summed E-state index contributed by atoms with van der Waals surface area (Å²) in [5.74, 6) is 0.715. The van der Waals surface area contributed by atoms with Crippen molar-refractivity contribution in [3.05, 3.63) is 54.3 Å². The number of tetrazole rings is 1. The van der Waals surface area contributed by atoms with Crippen LogP contribution in [-0.2, 0) is 6.54 Å². The highest BCUT2D eigenvalue weighted by atomic mass is 19.1. The van der Waals surface area contributed by atoms with Crippen molar-refractivity contribution in [3.63, 3.8) is 0 Å². The van der Waals surface area contributed by atoms with Crippen LogP contribution in [0.2, 0.25) is 0 Å². The fraction of sp³-hybridized carbons (Fsp3) is 0.133. The minimum atomic E-state index is -0.363. The first-order chi connectivity index (χ1) is 10.7. The highest BCUT2D eigenvalue weighted by molar-refractivity contribution is 5.55. The summed E-state index contributed by atoms with van der Waals surface area (Å²) in [7, 11) is 0. The van der Waals surface area contributed by atoms with E-state index >= 15 is 0 Å². The molecule has 0 aliphatic rings. The number of hydrogen-bond acceptors (Lipinski definition) is 5. The lowest BCUT2D eigenvalue weighted by Crippen LogP contribution is -2.11. The number of halogens is 1. The summed E-state index contributed by atoms with van der Waals surface area (Å²) in [5.41, 5.74) is 6.65. The van der Waals surface area contributed by atoms with Gasteiger partial charge in [-0.3, -0.25) is 0 Å². The van der Waals surface area contributed by atoms with Gasteiger partial charge in [-0.15, -0.1) is 5.10 Å². The second-order valence-corrected chi connectivity index (χ2v) is 4.62. The van der Waals surface area contributed by atoms with Gasteiger partial charge >= 0.3 is 0 Å². The third kappa shape index (κ3) is 3.03. The Morgan fingerprint density at radius 2 is 1.86 bits per heavy atom. The van der Waals surface area contributed by atoms with Crippen LogP contribution in [0.1, 0.15) is 0 Å². The Morgan fingerprint density at radius 3 is 2.64 bits per heavy atom. The van der Waals surface area contributed by atoms with Crippen LogP contribution in [0, 0.1) is 5.82 Å². The van der Waals surface area contributed by atoms with E-state index < -0.39 is 0 Å². The van der Waals surface area contributed by atoms with Gasteiger partial charge in [-0.1, -0.05) is 12.1 Å². The molecule has 0 saturated carbocycles. The topological polar surface area (TPSA) is 78.9 Å². The number of rotatable bonds is 5.